The number of rotatable bonds is 22. The summed E-state index contributed by atoms with van der Waals surface area (Å²) in [6, 6.07) is 6.81. The van der Waals surface area contributed by atoms with Gasteiger partial charge in [-0.25, -0.2) is 19.1 Å². The van der Waals surface area contributed by atoms with Crippen LogP contribution < -0.4 is 20.9 Å². The van der Waals surface area contributed by atoms with E-state index in [1.54, 1.807) is 23.2 Å². The number of fused-ring (bicyclic) bond motifs is 2. The van der Waals surface area contributed by atoms with Crippen LogP contribution in [0.4, 0.5) is 5.82 Å². The van der Waals surface area contributed by atoms with E-state index in [9.17, 15) is 50.4 Å². The summed E-state index contributed by atoms with van der Waals surface area (Å²) in [6.45, 7) is 4.76. The molecule has 22 nitrogen and oxygen atoms in total. The number of piperidine rings is 1. The first-order valence-electron chi connectivity index (χ1n) is 20.5. The zero-order valence-electron chi connectivity index (χ0n) is 34.3. The Hall–Kier alpha value is -4.43. The zero-order valence-corrected chi connectivity index (χ0v) is 34.3. The van der Waals surface area contributed by atoms with E-state index < -0.39 is 68.0 Å². The highest BCUT2D eigenvalue weighted by Crippen LogP contribution is 2.22. The van der Waals surface area contributed by atoms with E-state index in [0.29, 0.717) is 68.8 Å². The lowest BCUT2D eigenvalue weighted by atomic mass is 9.97. The molecule has 61 heavy (non-hydrogen) atoms. The Morgan fingerprint density at radius 1 is 0.869 bits per heavy atom. The van der Waals surface area contributed by atoms with Gasteiger partial charge in [0.1, 0.15) is 48.7 Å². The number of hydrogen-bond acceptors (Lipinski definition) is 17. The Morgan fingerprint density at radius 2 is 1.48 bits per heavy atom. The topological polar surface area (TPSA) is 343 Å². The summed E-state index contributed by atoms with van der Waals surface area (Å²) >= 11 is 0. The maximum absolute atomic E-state index is 13.4. The standard InChI is InChI=1S/C39H60N10O12/c1-3-48-24-6-5-21(15-25(24)49(4-2)30(48)16-43-39(61)31-36(40)45-37-23(44-31)7-10-41-37)38(60)42-11-14-46-12-8-22(9-13-46)47(17-26(52)32(56)34(58)28(54)19-50)18-27(53)33(57)35(59)29(55)20-51/h5-7,10,15,22,26-29,32-35,50-59H,3-4,8-9,11-14,16-20H2,1-2H3,(H4-,40,41,42,43,44,45,60,61)/p+1/t26-,27-,28+,29+,32+,33+,34+,35+/m0/s1. The molecule has 0 aliphatic carbocycles. The van der Waals surface area contributed by atoms with Crippen molar-refractivity contribution in [2.75, 3.05) is 58.2 Å². The summed E-state index contributed by atoms with van der Waals surface area (Å²) in [5, 5.41) is 107. The first-order valence-corrected chi connectivity index (χ1v) is 20.5. The van der Waals surface area contributed by atoms with Crippen LogP contribution in [0.15, 0.2) is 30.5 Å². The minimum atomic E-state index is -1.88. The lowest BCUT2D eigenvalue weighted by Crippen LogP contribution is -2.56. The fourth-order valence-electron chi connectivity index (χ4n) is 7.86. The van der Waals surface area contributed by atoms with Crippen molar-refractivity contribution in [3.63, 3.8) is 0 Å². The lowest BCUT2D eigenvalue weighted by molar-refractivity contribution is -0.676. The van der Waals surface area contributed by atoms with Gasteiger partial charge in [-0.3, -0.25) is 14.5 Å². The molecule has 15 N–H and O–H groups in total. The molecular weight excluding hydrogens is 800 g/mol. The number of aromatic amines is 1. The molecule has 8 atom stereocenters. The number of aliphatic hydroxyl groups is 10. The van der Waals surface area contributed by atoms with Gasteiger partial charge in [-0.15, -0.1) is 0 Å². The highest BCUT2D eigenvalue weighted by molar-refractivity contribution is 5.98. The molecule has 22 heteroatoms. The van der Waals surface area contributed by atoms with Gasteiger partial charge in [0.15, 0.2) is 28.2 Å². The molecular formula is C39H61N10O12+. The molecule has 0 unspecified atom stereocenters. The molecule has 1 aliphatic heterocycles. The normalized spacial score (nSPS) is 18.2. The number of amides is 2. The van der Waals surface area contributed by atoms with E-state index in [1.807, 2.05) is 30.5 Å². The Balaban J connectivity index is 1.19. The number of aromatic nitrogens is 5. The van der Waals surface area contributed by atoms with Crippen molar-refractivity contribution in [1.82, 2.24) is 40.0 Å². The van der Waals surface area contributed by atoms with Crippen LogP contribution in [0.2, 0.25) is 0 Å². The number of H-pyrrole nitrogens is 1. The van der Waals surface area contributed by atoms with Crippen LogP contribution in [-0.2, 0) is 19.6 Å². The van der Waals surface area contributed by atoms with E-state index in [-0.39, 0.29) is 43.1 Å². The SMILES string of the molecule is CCn1c(CNC(=O)c2nc3cc[nH]c3nc2N)[n+](CC)c2ccc(C(=O)NCCN3CCC(N(C[C@H](O)[C@@H](O)[C@H](O)[C@H](O)CO)C[C@H](O)[C@@H](O)[C@H](O)[C@H](O)CO)CC3)cc21. The first-order chi connectivity index (χ1) is 29.1. The molecule has 0 saturated carbocycles. The van der Waals surface area contributed by atoms with Crippen LogP contribution in [0.5, 0.6) is 0 Å². The molecule has 1 fully saturated rings. The number of aliphatic hydroxyl groups excluding tert-OH is 10. The third kappa shape index (κ3) is 11.2. The number of nitrogens with one attached hydrogen (secondary N) is 3. The largest absolute Gasteiger partial charge is 0.394 e. The van der Waals surface area contributed by atoms with Gasteiger partial charge in [-0.05, 0) is 58.0 Å². The maximum Gasteiger partial charge on any atom is 0.277 e. The molecule has 0 spiro atoms. The van der Waals surface area contributed by atoms with Crippen molar-refractivity contribution >= 4 is 39.8 Å². The van der Waals surface area contributed by atoms with Gasteiger partial charge < -0.3 is 77.3 Å². The molecule has 0 radical (unpaired) electrons. The third-order valence-electron chi connectivity index (χ3n) is 11.4. The molecule has 3 aromatic heterocycles. The number of carbonyl (C=O) groups excluding carboxylic acids is 2. The molecule has 0 bridgehead atoms. The van der Waals surface area contributed by atoms with E-state index in [1.165, 1.54) is 0 Å². The number of nitrogens with zero attached hydrogens (tertiary/aromatic N) is 6. The highest BCUT2D eigenvalue weighted by Gasteiger charge is 2.37. The second-order valence-electron chi connectivity index (χ2n) is 15.3. The summed E-state index contributed by atoms with van der Waals surface area (Å²) in [7, 11) is 0. The Labute approximate surface area is 351 Å². The van der Waals surface area contributed by atoms with Gasteiger partial charge in [0, 0.05) is 50.0 Å². The maximum atomic E-state index is 13.4. The molecule has 4 heterocycles. The van der Waals surface area contributed by atoms with Gasteiger partial charge in [0.2, 0.25) is 0 Å². The van der Waals surface area contributed by atoms with E-state index in [0.717, 1.165) is 16.9 Å². The summed E-state index contributed by atoms with van der Waals surface area (Å²) in [6.07, 6.45) is -11.7. The average Bonchev–Trinajstić information content (AvgIpc) is 3.86. The van der Waals surface area contributed by atoms with Crippen LogP contribution in [0.25, 0.3) is 22.2 Å². The fraction of sp³-hybridized carbons (Fsp3) is 0.615. The van der Waals surface area contributed by atoms with Crippen LogP contribution in [0.1, 0.15) is 53.4 Å². The second kappa shape index (κ2) is 21.6. The number of nitrogen functional groups attached to an aromatic ring is 1. The van der Waals surface area contributed by atoms with Gasteiger partial charge in [-0.2, -0.15) is 0 Å². The predicted octanol–water partition coefficient (Wildman–Crippen LogP) is -4.88. The van der Waals surface area contributed by atoms with Gasteiger partial charge in [-0.1, -0.05) is 0 Å². The number of likely N-dealkylation sites (tertiary alicyclic amines) is 1. The fourth-order valence-corrected chi connectivity index (χ4v) is 7.86. The third-order valence-corrected chi connectivity index (χ3v) is 11.4. The second-order valence-corrected chi connectivity index (χ2v) is 15.3. The van der Waals surface area contributed by atoms with E-state index in [2.05, 4.69) is 35.1 Å². The van der Waals surface area contributed by atoms with Crippen molar-refractivity contribution in [3.05, 3.63) is 47.5 Å². The van der Waals surface area contributed by atoms with Crippen molar-refractivity contribution in [2.24, 2.45) is 0 Å². The number of hydrogen-bond donors (Lipinski definition) is 14. The van der Waals surface area contributed by atoms with Gasteiger partial charge in [0.25, 0.3) is 17.6 Å². The number of imidazole rings is 1. The number of carbonyl (C=O) groups is 2. The highest BCUT2D eigenvalue weighted by atomic mass is 16.4. The Kier molecular flexibility index (Phi) is 16.8. The quantitative estimate of drug-likeness (QED) is 0.0329. The molecule has 2 amide bonds. The lowest BCUT2D eigenvalue weighted by Gasteiger charge is -2.41. The summed E-state index contributed by atoms with van der Waals surface area (Å²) in [4.78, 5) is 41.8. The van der Waals surface area contributed by atoms with E-state index >= 15 is 0 Å². The van der Waals surface area contributed by atoms with Crippen LogP contribution in [0.3, 0.4) is 0 Å². The number of benzene rings is 1. The van der Waals surface area contributed by atoms with Gasteiger partial charge >= 0.3 is 0 Å². The summed E-state index contributed by atoms with van der Waals surface area (Å²) in [5.74, 6) is 0.0749. The van der Waals surface area contributed by atoms with Crippen LogP contribution in [0, 0.1) is 0 Å². The monoisotopic (exact) mass is 861 g/mol. The van der Waals surface area contributed by atoms with Crippen molar-refractivity contribution in [2.45, 2.75) is 101 Å². The molecule has 1 saturated heterocycles. The molecule has 1 aliphatic rings. The Bertz CT molecular complexity index is 2030. The molecule has 1 aromatic carbocycles. The van der Waals surface area contributed by atoms with Gasteiger partial charge in [0.05, 0.1) is 38.5 Å². The van der Waals surface area contributed by atoms with Crippen LogP contribution in [-0.4, -0.2) is 200 Å². The van der Waals surface area contributed by atoms with Crippen molar-refractivity contribution < 1.29 is 65.2 Å². The number of nitrogens with two attached hydrogens (primary N) is 1. The average molecular weight is 862 g/mol. The predicted molar refractivity (Wildman–Crippen MR) is 219 cm³/mol. The first kappa shape index (κ1) is 47.6. The number of anilines is 1. The Morgan fingerprint density at radius 3 is 2.05 bits per heavy atom. The van der Waals surface area contributed by atoms with Crippen molar-refractivity contribution in [1.29, 1.82) is 0 Å². The smallest absolute Gasteiger partial charge is 0.277 e. The molecule has 5 rings (SSSR count). The number of aryl methyl sites for hydroxylation is 2. The summed E-state index contributed by atoms with van der Waals surface area (Å²) < 4.78 is 4.10. The van der Waals surface area contributed by atoms with E-state index in [4.69, 9.17) is 15.9 Å². The minimum absolute atomic E-state index is 0.00690. The molecule has 338 valence electrons. The summed E-state index contributed by atoms with van der Waals surface area (Å²) in [5.41, 5.74) is 9.21. The zero-order chi connectivity index (χ0) is 44.5. The minimum Gasteiger partial charge on any atom is -0.394 e. The molecule has 4 aromatic rings. The van der Waals surface area contributed by atoms with Crippen LogP contribution >= 0.6 is 0 Å². The van der Waals surface area contributed by atoms with Crippen molar-refractivity contribution in [3.8, 4) is 0 Å².